The van der Waals surface area contributed by atoms with Gasteiger partial charge in [-0.1, -0.05) is 23.3 Å². The maximum atomic E-state index is 13.2. The molecule has 32 heavy (non-hydrogen) atoms. The van der Waals surface area contributed by atoms with Gasteiger partial charge in [0.1, 0.15) is 5.57 Å². The van der Waals surface area contributed by atoms with Crippen molar-refractivity contribution in [2.45, 2.75) is 46.0 Å². The van der Waals surface area contributed by atoms with Crippen molar-refractivity contribution in [3.63, 3.8) is 0 Å². The van der Waals surface area contributed by atoms with Crippen molar-refractivity contribution < 1.29 is 9.59 Å². The van der Waals surface area contributed by atoms with Gasteiger partial charge in [-0.3, -0.25) is 19.8 Å². The second-order valence-electron chi connectivity index (χ2n) is 8.27. The number of nitrogens with zero attached hydrogens (tertiary/aromatic N) is 2. The van der Waals surface area contributed by atoms with Gasteiger partial charge in [-0.15, -0.1) is 0 Å². The van der Waals surface area contributed by atoms with Gasteiger partial charge in [0.15, 0.2) is 5.11 Å². The number of hydrogen-bond acceptors (Lipinski definition) is 3. The van der Waals surface area contributed by atoms with Crippen molar-refractivity contribution >= 4 is 46.8 Å². The van der Waals surface area contributed by atoms with Crippen LogP contribution in [0.4, 0.5) is 0 Å². The molecule has 7 heteroatoms. The van der Waals surface area contributed by atoms with E-state index in [1.165, 1.54) is 23.3 Å². The maximum absolute atomic E-state index is 13.2. The molecular formula is C25H26ClN3O2S. The third kappa shape index (κ3) is 4.57. The summed E-state index contributed by atoms with van der Waals surface area (Å²) in [6.07, 6.45) is 9.29. The van der Waals surface area contributed by atoms with Crippen LogP contribution in [0.25, 0.3) is 11.8 Å². The van der Waals surface area contributed by atoms with Gasteiger partial charge in [0.2, 0.25) is 0 Å². The van der Waals surface area contributed by atoms with Crippen molar-refractivity contribution in [3.8, 4) is 5.69 Å². The Morgan fingerprint density at radius 2 is 1.91 bits per heavy atom. The first-order valence-corrected chi connectivity index (χ1v) is 11.7. The number of aryl methyl sites for hydroxylation is 1. The molecule has 166 valence electrons. The number of hydrogen-bond donors (Lipinski definition) is 1. The number of aromatic nitrogens is 1. The third-order valence-electron chi connectivity index (χ3n) is 6.08. The zero-order valence-corrected chi connectivity index (χ0v) is 19.9. The Morgan fingerprint density at radius 1 is 1.16 bits per heavy atom. The molecule has 0 radical (unpaired) electrons. The molecule has 2 heterocycles. The fourth-order valence-electron chi connectivity index (χ4n) is 4.36. The average Bonchev–Trinajstić information content (AvgIpc) is 3.05. The number of rotatable bonds is 5. The van der Waals surface area contributed by atoms with Gasteiger partial charge in [-0.25, -0.2) is 0 Å². The molecule has 0 bridgehead atoms. The van der Waals surface area contributed by atoms with Crippen molar-refractivity contribution in [2.24, 2.45) is 0 Å². The lowest BCUT2D eigenvalue weighted by molar-refractivity contribution is -0.128. The molecule has 1 N–H and O–H groups in total. The first-order valence-electron chi connectivity index (χ1n) is 10.9. The minimum atomic E-state index is -0.454. The molecule has 0 atom stereocenters. The second-order valence-corrected chi connectivity index (χ2v) is 9.09. The quantitative estimate of drug-likeness (QED) is 0.282. The summed E-state index contributed by atoms with van der Waals surface area (Å²) in [6, 6.07) is 9.54. The predicted molar refractivity (Wildman–Crippen MR) is 132 cm³/mol. The topological polar surface area (TPSA) is 54.3 Å². The lowest BCUT2D eigenvalue weighted by Crippen LogP contribution is -2.54. The van der Waals surface area contributed by atoms with E-state index in [1.807, 2.05) is 44.2 Å². The Balaban J connectivity index is 1.61. The summed E-state index contributed by atoms with van der Waals surface area (Å²) in [5.74, 6) is -0.795. The number of benzene rings is 1. The van der Waals surface area contributed by atoms with E-state index in [2.05, 4.69) is 16.0 Å². The number of thiocarbonyl (C=S) groups is 1. The van der Waals surface area contributed by atoms with Crippen LogP contribution in [0.5, 0.6) is 0 Å². The molecule has 1 aromatic carbocycles. The molecule has 5 nitrogen and oxygen atoms in total. The van der Waals surface area contributed by atoms with Gasteiger partial charge in [-0.2, -0.15) is 0 Å². The van der Waals surface area contributed by atoms with Gasteiger partial charge in [0.05, 0.1) is 0 Å². The first-order chi connectivity index (χ1) is 15.3. The second kappa shape index (κ2) is 9.43. The highest BCUT2D eigenvalue weighted by atomic mass is 35.5. The lowest BCUT2D eigenvalue weighted by atomic mass is 9.97. The highest BCUT2D eigenvalue weighted by Gasteiger charge is 2.33. The number of carbonyl (C=O) groups excluding carboxylic acids is 2. The minimum absolute atomic E-state index is 0.104. The Morgan fingerprint density at radius 3 is 2.59 bits per heavy atom. The van der Waals surface area contributed by atoms with E-state index in [1.54, 1.807) is 6.08 Å². The van der Waals surface area contributed by atoms with E-state index < -0.39 is 5.91 Å². The molecule has 0 saturated carbocycles. The SMILES string of the molecule is Cc1cc(C=C2C(=O)NC(=S)N(CCC3=CCCCC3)C2=O)c(C)n1-c1ccc(Cl)cc1. The Labute approximate surface area is 198 Å². The molecule has 1 aliphatic carbocycles. The smallest absolute Gasteiger partial charge is 0.265 e. The normalized spacial score (nSPS) is 18.2. The predicted octanol–water partition coefficient (Wildman–Crippen LogP) is 5.26. The van der Waals surface area contributed by atoms with Crippen molar-refractivity contribution in [3.05, 3.63) is 69.5 Å². The van der Waals surface area contributed by atoms with E-state index in [-0.39, 0.29) is 16.6 Å². The molecule has 0 unspecified atom stereocenters. The summed E-state index contributed by atoms with van der Waals surface area (Å²) >= 11 is 11.3. The molecule has 1 fully saturated rings. The number of carbonyl (C=O) groups is 2. The summed E-state index contributed by atoms with van der Waals surface area (Å²) < 4.78 is 2.08. The van der Waals surface area contributed by atoms with Crippen LogP contribution in [0.15, 0.2) is 47.6 Å². The van der Waals surface area contributed by atoms with Gasteiger partial charge in [0, 0.05) is 28.6 Å². The molecule has 2 aliphatic rings. The van der Waals surface area contributed by atoms with Crippen LogP contribution in [-0.2, 0) is 9.59 Å². The van der Waals surface area contributed by atoms with Crippen LogP contribution in [0.1, 0.15) is 49.1 Å². The highest BCUT2D eigenvalue weighted by molar-refractivity contribution is 7.80. The van der Waals surface area contributed by atoms with Crippen LogP contribution in [0.2, 0.25) is 5.02 Å². The van der Waals surface area contributed by atoms with Crippen LogP contribution in [0, 0.1) is 13.8 Å². The number of nitrogens with one attached hydrogen (secondary N) is 1. The van der Waals surface area contributed by atoms with Crippen LogP contribution in [-0.4, -0.2) is 32.9 Å². The molecule has 2 amide bonds. The highest BCUT2D eigenvalue weighted by Crippen LogP contribution is 2.26. The molecular weight excluding hydrogens is 442 g/mol. The molecule has 1 saturated heterocycles. The lowest BCUT2D eigenvalue weighted by Gasteiger charge is -2.29. The van der Waals surface area contributed by atoms with E-state index in [0.717, 1.165) is 41.9 Å². The summed E-state index contributed by atoms with van der Waals surface area (Å²) in [6.45, 7) is 4.44. The number of halogens is 1. The summed E-state index contributed by atoms with van der Waals surface area (Å²) in [5, 5.41) is 3.54. The molecule has 2 aromatic rings. The zero-order chi connectivity index (χ0) is 22.8. The maximum Gasteiger partial charge on any atom is 0.265 e. The average molecular weight is 468 g/mol. The van der Waals surface area contributed by atoms with Gasteiger partial charge >= 0.3 is 0 Å². The monoisotopic (exact) mass is 467 g/mol. The van der Waals surface area contributed by atoms with E-state index in [4.69, 9.17) is 23.8 Å². The molecule has 1 aliphatic heterocycles. The summed E-state index contributed by atoms with van der Waals surface area (Å²) in [7, 11) is 0. The van der Waals surface area contributed by atoms with Crippen LogP contribution in [0.3, 0.4) is 0 Å². The van der Waals surface area contributed by atoms with Gasteiger partial charge < -0.3 is 4.57 Å². The zero-order valence-electron chi connectivity index (χ0n) is 18.3. The van der Waals surface area contributed by atoms with Crippen LogP contribution >= 0.6 is 23.8 Å². The van der Waals surface area contributed by atoms with E-state index in [0.29, 0.717) is 11.6 Å². The first kappa shape index (κ1) is 22.5. The van der Waals surface area contributed by atoms with Gasteiger partial charge in [-0.05, 0) is 100 Å². The third-order valence-corrected chi connectivity index (χ3v) is 6.66. The fourth-order valence-corrected chi connectivity index (χ4v) is 4.75. The minimum Gasteiger partial charge on any atom is -0.318 e. The van der Waals surface area contributed by atoms with Crippen molar-refractivity contribution in [1.82, 2.24) is 14.8 Å². The molecule has 4 rings (SSSR count). The van der Waals surface area contributed by atoms with Crippen molar-refractivity contribution in [2.75, 3.05) is 6.54 Å². The Bertz CT molecular complexity index is 1140. The Kier molecular flexibility index (Phi) is 6.63. The largest absolute Gasteiger partial charge is 0.318 e. The number of allylic oxidation sites excluding steroid dienone is 1. The van der Waals surface area contributed by atoms with Gasteiger partial charge in [0.25, 0.3) is 11.8 Å². The fraction of sp³-hybridized carbons (Fsp3) is 0.320. The van der Waals surface area contributed by atoms with E-state index >= 15 is 0 Å². The molecule has 0 spiro atoms. The van der Waals surface area contributed by atoms with E-state index in [9.17, 15) is 9.59 Å². The van der Waals surface area contributed by atoms with Crippen LogP contribution < -0.4 is 5.32 Å². The summed E-state index contributed by atoms with van der Waals surface area (Å²) in [5.41, 5.74) is 5.19. The number of amides is 2. The molecule has 1 aromatic heterocycles. The summed E-state index contributed by atoms with van der Waals surface area (Å²) in [4.78, 5) is 27.3. The van der Waals surface area contributed by atoms with Crippen molar-refractivity contribution in [1.29, 1.82) is 0 Å². The standard InChI is InChI=1S/C25H26ClN3O2S/c1-16-14-19(17(2)29(16)21-10-8-20(26)9-11-21)15-22-23(30)27-25(32)28(24(22)31)13-12-18-6-4-3-5-7-18/h6,8-11,14-15H,3-5,7,12-13H2,1-2H3,(H,27,30,32). The Hall–Kier alpha value is -2.70.